The van der Waals surface area contributed by atoms with Gasteiger partial charge in [-0.05, 0) is 18.8 Å². The first-order valence-electron chi connectivity index (χ1n) is 4.76. The first-order chi connectivity index (χ1) is 6.49. The van der Waals surface area contributed by atoms with Gasteiger partial charge in [0.1, 0.15) is 0 Å². The molecular formula is C9H16N2O3. The number of nitrogens with one attached hydrogen (secondary N) is 1. The number of hydrogen-bond donors (Lipinski definition) is 3. The second-order valence-electron chi connectivity index (χ2n) is 3.99. The molecule has 1 amide bonds. The zero-order valence-corrected chi connectivity index (χ0v) is 8.19. The fourth-order valence-corrected chi connectivity index (χ4v) is 1.61. The van der Waals surface area contributed by atoms with E-state index < -0.39 is 12.0 Å². The van der Waals surface area contributed by atoms with Crippen molar-refractivity contribution < 1.29 is 14.7 Å². The standard InChI is InChI=1S/C9H16N2O3/c1-5-2-6(3-5)11-9(14)7(10)4-8(12)13/h5-7H,2-4,10H2,1H3,(H,11,14)(H,12,13). The van der Waals surface area contributed by atoms with Crippen molar-refractivity contribution in [1.82, 2.24) is 5.32 Å². The van der Waals surface area contributed by atoms with Gasteiger partial charge in [-0.3, -0.25) is 9.59 Å². The summed E-state index contributed by atoms with van der Waals surface area (Å²) in [6.07, 6.45) is 1.62. The summed E-state index contributed by atoms with van der Waals surface area (Å²) in [4.78, 5) is 21.6. The largest absolute Gasteiger partial charge is 0.481 e. The molecule has 1 fully saturated rings. The van der Waals surface area contributed by atoms with Crippen molar-refractivity contribution >= 4 is 11.9 Å². The summed E-state index contributed by atoms with van der Waals surface area (Å²) >= 11 is 0. The number of nitrogens with two attached hydrogens (primary N) is 1. The average Bonchev–Trinajstić information content (AvgIpc) is 2.00. The number of aliphatic carboxylic acids is 1. The van der Waals surface area contributed by atoms with Crippen LogP contribution in [-0.4, -0.2) is 29.1 Å². The van der Waals surface area contributed by atoms with Crippen molar-refractivity contribution in [2.24, 2.45) is 11.7 Å². The lowest BCUT2D eigenvalue weighted by Gasteiger charge is -2.33. The first-order valence-corrected chi connectivity index (χ1v) is 4.76. The van der Waals surface area contributed by atoms with E-state index in [-0.39, 0.29) is 18.4 Å². The molecule has 0 spiro atoms. The molecule has 0 aromatic rings. The molecule has 0 aliphatic heterocycles. The van der Waals surface area contributed by atoms with Crippen LogP contribution < -0.4 is 11.1 Å². The van der Waals surface area contributed by atoms with E-state index in [1.165, 1.54) is 0 Å². The van der Waals surface area contributed by atoms with E-state index in [9.17, 15) is 9.59 Å². The Hall–Kier alpha value is -1.10. The van der Waals surface area contributed by atoms with Gasteiger partial charge in [0.25, 0.3) is 0 Å². The van der Waals surface area contributed by atoms with E-state index in [0.29, 0.717) is 5.92 Å². The van der Waals surface area contributed by atoms with Gasteiger partial charge in [0, 0.05) is 6.04 Å². The van der Waals surface area contributed by atoms with E-state index in [4.69, 9.17) is 10.8 Å². The lowest BCUT2D eigenvalue weighted by atomic mass is 9.82. The van der Waals surface area contributed by atoms with E-state index in [1.54, 1.807) is 0 Å². The van der Waals surface area contributed by atoms with Gasteiger partial charge in [-0.1, -0.05) is 6.92 Å². The summed E-state index contributed by atoms with van der Waals surface area (Å²) in [7, 11) is 0. The van der Waals surface area contributed by atoms with Gasteiger partial charge in [0.2, 0.25) is 5.91 Å². The third-order valence-electron chi connectivity index (χ3n) is 2.45. The number of hydrogen-bond acceptors (Lipinski definition) is 3. The van der Waals surface area contributed by atoms with Crippen LogP contribution in [0.15, 0.2) is 0 Å². The molecule has 0 heterocycles. The molecule has 1 aliphatic rings. The molecule has 14 heavy (non-hydrogen) atoms. The maximum absolute atomic E-state index is 11.3. The molecule has 0 aromatic carbocycles. The predicted octanol–water partition coefficient (Wildman–Crippen LogP) is -0.297. The molecule has 1 rings (SSSR count). The highest BCUT2D eigenvalue weighted by molar-refractivity contribution is 5.86. The summed E-state index contributed by atoms with van der Waals surface area (Å²) < 4.78 is 0. The number of rotatable bonds is 4. The molecule has 0 bridgehead atoms. The van der Waals surface area contributed by atoms with Crippen LogP contribution in [0.4, 0.5) is 0 Å². The molecule has 4 N–H and O–H groups in total. The predicted molar refractivity (Wildman–Crippen MR) is 50.6 cm³/mol. The maximum atomic E-state index is 11.3. The molecule has 1 unspecified atom stereocenters. The zero-order valence-electron chi connectivity index (χ0n) is 8.19. The first kappa shape index (κ1) is 11.0. The maximum Gasteiger partial charge on any atom is 0.305 e. The highest BCUT2D eigenvalue weighted by Gasteiger charge is 2.28. The van der Waals surface area contributed by atoms with Crippen LogP contribution in [0, 0.1) is 5.92 Å². The Morgan fingerprint density at radius 1 is 1.57 bits per heavy atom. The van der Waals surface area contributed by atoms with Crippen LogP contribution in [0.25, 0.3) is 0 Å². The minimum Gasteiger partial charge on any atom is -0.481 e. The van der Waals surface area contributed by atoms with Crippen molar-refractivity contribution in [2.45, 2.75) is 38.3 Å². The van der Waals surface area contributed by atoms with E-state index in [0.717, 1.165) is 12.8 Å². The van der Waals surface area contributed by atoms with Crippen molar-refractivity contribution in [1.29, 1.82) is 0 Å². The van der Waals surface area contributed by atoms with E-state index in [2.05, 4.69) is 12.2 Å². The van der Waals surface area contributed by atoms with Crippen molar-refractivity contribution in [3.8, 4) is 0 Å². The minimum absolute atomic E-state index is 0.192. The molecule has 1 aliphatic carbocycles. The van der Waals surface area contributed by atoms with E-state index >= 15 is 0 Å². The smallest absolute Gasteiger partial charge is 0.305 e. The van der Waals surface area contributed by atoms with Crippen LogP contribution >= 0.6 is 0 Å². The molecule has 1 saturated carbocycles. The summed E-state index contributed by atoms with van der Waals surface area (Å²) in [5.41, 5.74) is 5.39. The monoisotopic (exact) mass is 200 g/mol. The Labute approximate surface area is 82.7 Å². The van der Waals surface area contributed by atoms with Gasteiger partial charge in [-0.25, -0.2) is 0 Å². The normalized spacial score (nSPS) is 27.6. The highest BCUT2D eigenvalue weighted by Crippen LogP contribution is 2.26. The minimum atomic E-state index is -1.05. The van der Waals surface area contributed by atoms with Gasteiger partial charge < -0.3 is 16.2 Å². The van der Waals surface area contributed by atoms with E-state index in [1.807, 2.05) is 0 Å². The third kappa shape index (κ3) is 2.99. The summed E-state index contributed by atoms with van der Waals surface area (Å²) in [5, 5.41) is 11.1. The van der Waals surface area contributed by atoms with Gasteiger partial charge >= 0.3 is 5.97 Å². The Bertz CT molecular complexity index is 236. The summed E-state index contributed by atoms with van der Waals surface area (Å²) in [5.74, 6) is -0.755. The molecular weight excluding hydrogens is 184 g/mol. The van der Waals surface area contributed by atoms with Crippen molar-refractivity contribution in [3.63, 3.8) is 0 Å². The average molecular weight is 200 g/mol. The van der Waals surface area contributed by atoms with Gasteiger partial charge in [0.05, 0.1) is 12.5 Å². The van der Waals surface area contributed by atoms with Crippen molar-refractivity contribution in [3.05, 3.63) is 0 Å². The second kappa shape index (κ2) is 4.41. The number of carboxylic acid groups (broad SMARTS) is 1. The number of carbonyl (C=O) groups excluding carboxylic acids is 1. The van der Waals surface area contributed by atoms with Gasteiger partial charge in [-0.2, -0.15) is 0 Å². The fraction of sp³-hybridized carbons (Fsp3) is 0.778. The number of amides is 1. The van der Waals surface area contributed by atoms with Gasteiger partial charge in [-0.15, -0.1) is 0 Å². The van der Waals surface area contributed by atoms with Crippen LogP contribution in [0.3, 0.4) is 0 Å². The Balaban J connectivity index is 2.24. The topological polar surface area (TPSA) is 92.4 Å². The Morgan fingerprint density at radius 2 is 2.14 bits per heavy atom. The molecule has 0 saturated heterocycles. The number of carbonyl (C=O) groups is 2. The second-order valence-corrected chi connectivity index (χ2v) is 3.99. The summed E-state index contributed by atoms with van der Waals surface area (Å²) in [6, 6.07) is -0.735. The van der Waals surface area contributed by atoms with Crippen LogP contribution in [-0.2, 0) is 9.59 Å². The van der Waals surface area contributed by atoms with Crippen LogP contribution in [0.1, 0.15) is 26.2 Å². The fourth-order valence-electron chi connectivity index (χ4n) is 1.61. The zero-order chi connectivity index (χ0) is 10.7. The lowest BCUT2D eigenvalue weighted by molar-refractivity contribution is -0.139. The Morgan fingerprint density at radius 3 is 2.57 bits per heavy atom. The Kier molecular flexibility index (Phi) is 3.46. The molecule has 0 radical (unpaired) electrons. The van der Waals surface area contributed by atoms with Crippen LogP contribution in [0.5, 0.6) is 0 Å². The van der Waals surface area contributed by atoms with Crippen molar-refractivity contribution in [2.75, 3.05) is 0 Å². The highest BCUT2D eigenvalue weighted by atomic mass is 16.4. The molecule has 0 aromatic heterocycles. The molecule has 5 nitrogen and oxygen atoms in total. The molecule has 80 valence electrons. The molecule has 1 atom stereocenters. The lowest BCUT2D eigenvalue weighted by Crippen LogP contribution is -2.50. The van der Waals surface area contributed by atoms with Gasteiger partial charge in [0.15, 0.2) is 0 Å². The van der Waals surface area contributed by atoms with Crippen LogP contribution in [0.2, 0.25) is 0 Å². The summed E-state index contributed by atoms with van der Waals surface area (Å²) in [6.45, 7) is 2.11. The third-order valence-corrected chi connectivity index (χ3v) is 2.45. The SMILES string of the molecule is CC1CC(NC(=O)C(N)CC(=O)O)C1. The number of carboxylic acids is 1. The quantitative estimate of drug-likeness (QED) is 0.581. The molecule has 5 heteroatoms.